The number of hydrogen-bond donors (Lipinski definition) is 0. The van der Waals surface area contributed by atoms with Crippen LogP contribution >= 0.6 is 0 Å². The van der Waals surface area contributed by atoms with Crippen LogP contribution in [0.4, 0.5) is 0 Å². The molecular weight excluding hydrogens is 252 g/mol. The highest BCUT2D eigenvalue weighted by atomic mass is 32.2. The number of benzene rings is 1. The summed E-state index contributed by atoms with van der Waals surface area (Å²) in [6, 6.07) is 6.19. The van der Waals surface area contributed by atoms with Crippen molar-refractivity contribution >= 4 is 15.6 Å². The molecule has 0 unspecified atom stereocenters. The molecule has 5 heteroatoms. The van der Waals surface area contributed by atoms with Crippen molar-refractivity contribution in [2.24, 2.45) is 0 Å². The second-order valence-corrected chi connectivity index (χ2v) is 6.58. The van der Waals surface area contributed by atoms with Crippen LogP contribution in [0.25, 0.3) is 0 Å². The van der Waals surface area contributed by atoms with E-state index in [0.717, 1.165) is 25.5 Å². The predicted molar refractivity (Wildman–Crippen MR) is 67.4 cm³/mol. The minimum absolute atomic E-state index is 0.133. The van der Waals surface area contributed by atoms with E-state index in [0.29, 0.717) is 12.2 Å². The molecule has 0 heterocycles. The van der Waals surface area contributed by atoms with Crippen LogP contribution < -0.4 is 4.74 Å². The van der Waals surface area contributed by atoms with Crippen molar-refractivity contribution < 1.29 is 17.9 Å². The Balaban J connectivity index is 2.08. The quantitative estimate of drug-likeness (QED) is 0.841. The van der Waals surface area contributed by atoms with Crippen LogP contribution in [0.5, 0.6) is 5.75 Å². The van der Waals surface area contributed by atoms with Crippen LogP contribution in [0.15, 0.2) is 29.2 Å². The van der Waals surface area contributed by atoms with Crippen molar-refractivity contribution in [2.75, 3.05) is 6.26 Å². The molecule has 0 saturated heterocycles. The lowest BCUT2D eigenvalue weighted by Gasteiger charge is -2.21. The maximum Gasteiger partial charge on any atom is 0.175 e. The van der Waals surface area contributed by atoms with Gasteiger partial charge in [-0.05, 0) is 43.5 Å². The van der Waals surface area contributed by atoms with E-state index in [1.807, 2.05) is 0 Å². The van der Waals surface area contributed by atoms with Gasteiger partial charge in [0.05, 0.1) is 4.90 Å². The van der Waals surface area contributed by atoms with Gasteiger partial charge in [-0.1, -0.05) is 0 Å². The summed E-state index contributed by atoms with van der Waals surface area (Å²) in [6.45, 7) is 0. The van der Waals surface area contributed by atoms with Crippen molar-refractivity contribution in [1.82, 2.24) is 0 Å². The summed E-state index contributed by atoms with van der Waals surface area (Å²) < 4.78 is 28.2. The molecule has 1 aliphatic carbocycles. The average Bonchev–Trinajstić information content (AvgIpc) is 2.32. The number of ketones is 1. The molecule has 0 aliphatic heterocycles. The van der Waals surface area contributed by atoms with Crippen molar-refractivity contribution in [2.45, 2.75) is 36.7 Å². The Kier molecular flexibility index (Phi) is 3.71. The number of Topliss-reactive ketones (excluding diaryl/α,β-unsaturated/α-hetero) is 1. The normalized spacial score (nSPS) is 20.7. The lowest BCUT2D eigenvalue weighted by molar-refractivity contribution is -0.127. The molecule has 0 radical (unpaired) electrons. The van der Waals surface area contributed by atoms with E-state index in [1.54, 1.807) is 12.1 Å². The van der Waals surface area contributed by atoms with E-state index >= 15 is 0 Å². The Morgan fingerprint density at radius 3 is 2.39 bits per heavy atom. The largest absolute Gasteiger partial charge is 0.483 e. The third kappa shape index (κ3) is 3.10. The monoisotopic (exact) mass is 268 g/mol. The maximum absolute atomic E-state index is 11.6. The minimum Gasteiger partial charge on any atom is -0.483 e. The van der Waals surface area contributed by atoms with Gasteiger partial charge in [-0.3, -0.25) is 4.79 Å². The fourth-order valence-electron chi connectivity index (χ4n) is 2.01. The molecule has 0 N–H and O–H groups in total. The molecule has 1 aromatic carbocycles. The molecular formula is C13H16O4S. The van der Waals surface area contributed by atoms with Gasteiger partial charge in [0, 0.05) is 12.7 Å². The standard InChI is InChI=1S/C13H16O4S/c1-18(15,16)11-8-6-10(7-9-11)17-13-5-3-2-4-12(13)14/h6-9,13H,2-5H2,1H3/t13-/m0/s1. The van der Waals surface area contributed by atoms with E-state index in [2.05, 4.69) is 0 Å². The summed E-state index contributed by atoms with van der Waals surface area (Å²) in [6.07, 6.45) is 4.04. The minimum atomic E-state index is -3.19. The van der Waals surface area contributed by atoms with Crippen LogP contribution in [0, 0.1) is 0 Å². The SMILES string of the molecule is CS(=O)(=O)c1ccc(O[C@H]2CCCCC2=O)cc1. The smallest absolute Gasteiger partial charge is 0.175 e. The fraction of sp³-hybridized carbons (Fsp3) is 0.462. The molecule has 1 aliphatic rings. The summed E-state index contributed by atoms with van der Waals surface area (Å²) in [4.78, 5) is 11.9. The zero-order valence-electron chi connectivity index (χ0n) is 10.3. The van der Waals surface area contributed by atoms with Crippen LogP contribution in [0.2, 0.25) is 0 Å². The van der Waals surface area contributed by atoms with Crippen LogP contribution in [-0.2, 0) is 14.6 Å². The highest BCUT2D eigenvalue weighted by molar-refractivity contribution is 7.90. The Morgan fingerprint density at radius 1 is 1.17 bits per heavy atom. The zero-order chi connectivity index (χ0) is 13.2. The second kappa shape index (κ2) is 5.10. The number of hydrogen-bond acceptors (Lipinski definition) is 4. The van der Waals surface area contributed by atoms with Gasteiger partial charge in [-0.2, -0.15) is 0 Å². The van der Waals surface area contributed by atoms with Gasteiger partial charge in [0.15, 0.2) is 21.7 Å². The highest BCUT2D eigenvalue weighted by Gasteiger charge is 2.23. The van der Waals surface area contributed by atoms with Crippen LogP contribution in [0.3, 0.4) is 0 Å². The molecule has 98 valence electrons. The number of carbonyl (C=O) groups is 1. The van der Waals surface area contributed by atoms with E-state index in [-0.39, 0.29) is 16.8 Å². The molecule has 1 saturated carbocycles. The maximum atomic E-state index is 11.6. The van der Waals surface area contributed by atoms with Gasteiger partial charge in [0.2, 0.25) is 0 Å². The first-order valence-corrected chi connectivity index (χ1v) is 7.85. The van der Waals surface area contributed by atoms with Crippen LogP contribution in [-0.4, -0.2) is 26.6 Å². The molecule has 2 rings (SSSR count). The Bertz CT molecular complexity index is 531. The van der Waals surface area contributed by atoms with E-state index in [1.165, 1.54) is 12.1 Å². The molecule has 0 amide bonds. The molecule has 1 aromatic rings. The summed E-state index contributed by atoms with van der Waals surface area (Å²) in [5.41, 5.74) is 0. The van der Waals surface area contributed by atoms with Gasteiger partial charge in [-0.25, -0.2) is 8.42 Å². The topological polar surface area (TPSA) is 60.4 Å². The van der Waals surface area contributed by atoms with E-state index in [9.17, 15) is 13.2 Å². The third-order valence-corrected chi connectivity index (χ3v) is 4.16. The summed E-state index contributed by atoms with van der Waals surface area (Å²) in [7, 11) is -3.19. The van der Waals surface area contributed by atoms with Gasteiger partial charge in [-0.15, -0.1) is 0 Å². The summed E-state index contributed by atoms with van der Waals surface area (Å²) in [5, 5.41) is 0. The van der Waals surface area contributed by atoms with Crippen LogP contribution in [0.1, 0.15) is 25.7 Å². The lowest BCUT2D eigenvalue weighted by atomic mass is 9.96. The summed E-state index contributed by atoms with van der Waals surface area (Å²) in [5.74, 6) is 0.677. The fourth-order valence-corrected chi connectivity index (χ4v) is 2.64. The Morgan fingerprint density at radius 2 is 1.83 bits per heavy atom. The second-order valence-electron chi connectivity index (χ2n) is 4.56. The molecule has 4 nitrogen and oxygen atoms in total. The van der Waals surface area contributed by atoms with Crippen molar-refractivity contribution in [3.63, 3.8) is 0 Å². The Labute approximate surface area is 107 Å². The molecule has 1 fully saturated rings. The Hall–Kier alpha value is -1.36. The molecule has 0 bridgehead atoms. The number of rotatable bonds is 3. The zero-order valence-corrected chi connectivity index (χ0v) is 11.1. The van der Waals surface area contributed by atoms with Gasteiger partial charge in [0.25, 0.3) is 0 Å². The van der Waals surface area contributed by atoms with Gasteiger partial charge in [0.1, 0.15) is 5.75 Å². The third-order valence-electron chi connectivity index (χ3n) is 3.03. The number of carbonyl (C=O) groups excluding carboxylic acids is 1. The average molecular weight is 268 g/mol. The number of sulfone groups is 1. The van der Waals surface area contributed by atoms with Crippen molar-refractivity contribution in [3.8, 4) is 5.75 Å². The molecule has 1 atom stereocenters. The summed E-state index contributed by atoms with van der Waals surface area (Å²) >= 11 is 0. The molecule has 0 aromatic heterocycles. The predicted octanol–water partition coefficient (Wildman–Crippen LogP) is 1.98. The lowest BCUT2D eigenvalue weighted by Crippen LogP contribution is -2.30. The van der Waals surface area contributed by atoms with Gasteiger partial charge < -0.3 is 4.74 Å². The first-order valence-electron chi connectivity index (χ1n) is 5.96. The highest BCUT2D eigenvalue weighted by Crippen LogP contribution is 2.22. The van der Waals surface area contributed by atoms with Crippen molar-refractivity contribution in [3.05, 3.63) is 24.3 Å². The van der Waals surface area contributed by atoms with E-state index < -0.39 is 9.84 Å². The molecule has 18 heavy (non-hydrogen) atoms. The van der Waals surface area contributed by atoms with Gasteiger partial charge >= 0.3 is 0 Å². The van der Waals surface area contributed by atoms with E-state index in [4.69, 9.17) is 4.74 Å². The number of ether oxygens (including phenoxy) is 1. The molecule has 0 spiro atoms. The first-order chi connectivity index (χ1) is 8.47. The van der Waals surface area contributed by atoms with Crippen molar-refractivity contribution in [1.29, 1.82) is 0 Å². The first kappa shape index (κ1) is 13.1.